The summed E-state index contributed by atoms with van der Waals surface area (Å²) in [5.41, 5.74) is -1.31. The Hall–Kier alpha value is -1.70. The van der Waals surface area contributed by atoms with Gasteiger partial charge in [-0.3, -0.25) is 0 Å². The van der Waals surface area contributed by atoms with Gasteiger partial charge in [-0.05, 0) is 49.3 Å². The lowest BCUT2D eigenvalue weighted by Crippen LogP contribution is -2.28. The molecule has 1 fully saturated rings. The summed E-state index contributed by atoms with van der Waals surface area (Å²) in [5.74, 6) is 1.31. The zero-order valence-corrected chi connectivity index (χ0v) is 12.1. The Labute approximate surface area is 122 Å². The minimum absolute atomic E-state index is 0.0507. The average molecular weight is 297 g/mol. The van der Waals surface area contributed by atoms with Crippen LogP contribution >= 0.6 is 0 Å². The van der Waals surface area contributed by atoms with Crippen molar-refractivity contribution in [2.75, 3.05) is 0 Å². The molecule has 1 aliphatic rings. The van der Waals surface area contributed by atoms with Crippen LogP contribution < -0.4 is 4.74 Å². The highest BCUT2D eigenvalue weighted by molar-refractivity contribution is 5.44. The molecular formula is C16H18F3NO. The lowest BCUT2D eigenvalue weighted by atomic mass is 9.80. The van der Waals surface area contributed by atoms with Gasteiger partial charge in [0.1, 0.15) is 5.75 Å². The molecule has 0 N–H and O–H groups in total. The average Bonchev–Trinajstić information content (AvgIpc) is 2.42. The highest BCUT2D eigenvalue weighted by atomic mass is 19.4. The molecule has 0 aromatic heterocycles. The van der Waals surface area contributed by atoms with E-state index in [1.54, 1.807) is 6.07 Å². The molecule has 3 atom stereocenters. The molecule has 1 aromatic carbocycles. The number of hydrogen-bond donors (Lipinski definition) is 0. The van der Waals surface area contributed by atoms with Gasteiger partial charge < -0.3 is 4.74 Å². The van der Waals surface area contributed by atoms with E-state index in [0.29, 0.717) is 11.8 Å². The van der Waals surface area contributed by atoms with E-state index in [-0.39, 0.29) is 17.4 Å². The second-order valence-electron chi connectivity index (χ2n) is 5.82. The maximum atomic E-state index is 12.9. The number of nitrogens with zero attached hydrogens (tertiary/aromatic N) is 1. The maximum Gasteiger partial charge on any atom is 0.417 e. The second kappa shape index (κ2) is 5.97. The van der Waals surface area contributed by atoms with Crippen molar-refractivity contribution in [3.05, 3.63) is 29.3 Å². The third-order valence-corrected chi connectivity index (χ3v) is 4.27. The Morgan fingerprint density at radius 3 is 2.48 bits per heavy atom. The molecule has 5 heteroatoms. The molecule has 0 saturated heterocycles. The van der Waals surface area contributed by atoms with Gasteiger partial charge in [-0.15, -0.1) is 0 Å². The molecule has 1 aliphatic carbocycles. The molecule has 2 nitrogen and oxygen atoms in total. The van der Waals surface area contributed by atoms with Crippen molar-refractivity contribution in [3.8, 4) is 11.8 Å². The van der Waals surface area contributed by atoms with Crippen molar-refractivity contribution in [1.29, 1.82) is 5.26 Å². The van der Waals surface area contributed by atoms with E-state index in [2.05, 4.69) is 13.8 Å². The summed E-state index contributed by atoms with van der Waals surface area (Å²) in [6.07, 6.45) is -1.87. The van der Waals surface area contributed by atoms with Crippen molar-refractivity contribution in [2.24, 2.45) is 11.8 Å². The number of benzene rings is 1. The summed E-state index contributed by atoms with van der Waals surface area (Å²) >= 11 is 0. The van der Waals surface area contributed by atoms with Gasteiger partial charge in [-0.2, -0.15) is 18.4 Å². The van der Waals surface area contributed by atoms with Gasteiger partial charge in [0, 0.05) is 0 Å². The van der Waals surface area contributed by atoms with E-state index in [1.807, 2.05) is 0 Å². The molecule has 1 saturated carbocycles. The molecule has 0 spiro atoms. The van der Waals surface area contributed by atoms with E-state index >= 15 is 0 Å². The van der Waals surface area contributed by atoms with Gasteiger partial charge in [0.05, 0.1) is 23.3 Å². The van der Waals surface area contributed by atoms with E-state index in [4.69, 9.17) is 10.00 Å². The molecular weight excluding hydrogens is 279 g/mol. The van der Waals surface area contributed by atoms with Crippen LogP contribution in [0.5, 0.6) is 5.75 Å². The third-order valence-electron chi connectivity index (χ3n) is 4.27. The first-order chi connectivity index (χ1) is 9.81. The number of halogens is 3. The van der Waals surface area contributed by atoms with E-state index in [0.717, 1.165) is 25.3 Å². The van der Waals surface area contributed by atoms with Gasteiger partial charge in [0.15, 0.2) is 0 Å². The summed E-state index contributed by atoms with van der Waals surface area (Å²) in [4.78, 5) is 0. The SMILES string of the molecule is CC1CCC(Oc2ccc(C#N)c(C(F)(F)F)c2)CC1C. The van der Waals surface area contributed by atoms with Crippen LogP contribution in [0.15, 0.2) is 18.2 Å². The van der Waals surface area contributed by atoms with Crippen molar-refractivity contribution in [1.82, 2.24) is 0 Å². The number of hydrogen-bond acceptors (Lipinski definition) is 2. The van der Waals surface area contributed by atoms with E-state index < -0.39 is 11.7 Å². The molecule has 0 amide bonds. The smallest absolute Gasteiger partial charge is 0.417 e. The van der Waals surface area contributed by atoms with Crippen LogP contribution in [0, 0.1) is 23.2 Å². The first-order valence-electron chi connectivity index (χ1n) is 7.09. The second-order valence-corrected chi connectivity index (χ2v) is 5.82. The van der Waals surface area contributed by atoms with Crippen molar-refractivity contribution in [2.45, 2.75) is 45.4 Å². The van der Waals surface area contributed by atoms with Crippen LogP contribution in [-0.4, -0.2) is 6.10 Å². The van der Waals surface area contributed by atoms with E-state index in [9.17, 15) is 13.2 Å². The topological polar surface area (TPSA) is 33.0 Å². The Morgan fingerprint density at radius 1 is 1.19 bits per heavy atom. The number of rotatable bonds is 2. The standard InChI is InChI=1S/C16H18F3NO/c1-10-3-5-13(7-11(10)2)21-14-6-4-12(9-20)15(8-14)16(17,18)19/h4,6,8,10-11,13H,3,5,7H2,1-2H3. The fraction of sp³-hybridized carbons (Fsp3) is 0.562. The Kier molecular flexibility index (Phi) is 4.46. The predicted molar refractivity (Wildman–Crippen MR) is 72.8 cm³/mol. The Morgan fingerprint density at radius 2 is 1.90 bits per heavy atom. The molecule has 114 valence electrons. The lowest BCUT2D eigenvalue weighted by Gasteiger charge is -2.32. The normalized spacial score (nSPS) is 26.2. The summed E-state index contributed by atoms with van der Waals surface area (Å²) in [7, 11) is 0. The zero-order valence-electron chi connectivity index (χ0n) is 12.1. The number of nitriles is 1. The van der Waals surface area contributed by atoms with Crippen molar-refractivity contribution < 1.29 is 17.9 Å². The van der Waals surface area contributed by atoms with Crippen LogP contribution in [-0.2, 0) is 6.18 Å². The van der Waals surface area contributed by atoms with Gasteiger partial charge in [-0.25, -0.2) is 0 Å². The number of ether oxygens (including phenoxy) is 1. The molecule has 2 rings (SSSR count). The summed E-state index contributed by atoms with van der Waals surface area (Å²) < 4.78 is 44.4. The Bertz CT molecular complexity index is 547. The van der Waals surface area contributed by atoms with Crippen LogP contribution in [0.2, 0.25) is 0 Å². The molecule has 0 bridgehead atoms. The Balaban J connectivity index is 2.17. The van der Waals surface area contributed by atoms with Gasteiger partial charge in [0.25, 0.3) is 0 Å². The summed E-state index contributed by atoms with van der Waals surface area (Å²) in [6.45, 7) is 4.32. The molecule has 0 radical (unpaired) electrons. The third kappa shape index (κ3) is 3.69. The van der Waals surface area contributed by atoms with Gasteiger partial charge in [-0.1, -0.05) is 13.8 Å². The zero-order chi connectivity index (χ0) is 15.6. The highest BCUT2D eigenvalue weighted by Gasteiger charge is 2.34. The van der Waals surface area contributed by atoms with Crippen LogP contribution in [0.25, 0.3) is 0 Å². The first-order valence-corrected chi connectivity index (χ1v) is 7.09. The van der Waals surface area contributed by atoms with Crippen molar-refractivity contribution >= 4 is 0 Å². The number of alkyl halides is 3. The minimum Gasteiger partial charge on any atom is -0.490 e. The molecule has 3 unspecified atom stereocenters. The van der Waals surface area contributed by atoms with Crippen molar-refractivity contribution in [3.63, 3.8) is 0 Å². The fourth-order valence-corrected chi connectivity index (χ4v) is 2.73. The summed E-state index contributed by atoms with van der Waals surface area (Å²) in [5, 5.41) is 8.77. The van der Waals surface area contributed by atoms with Crippen LogP contribution in [0.3, 0.4) is 0 Å². The van der Waals surface area contributed by atoms with Gasteiger partial charge >= 0.3 is 6.18 Å². The van der Waals surface area contributed by atoms with Gasteiger partial charge in [0.2, 0.25) is 0 Å². The summed E-state index contributed by atoms with van der Waals surface area (Å²) in [6, 6.07) is 5.12. The largest absolute Gasteiger partial charge is 0.490 e. The maximum absolute atomic E-state index is 12.9. The monoisotopic (exact) mass is 297 g/mol. The molecule has 1 aromatic rings. The lowest BCUT2D eigenvalue weighted by molar-refractivity contribution is -0.137. The molecule has 0 aliphatic heterocycles. The molecule has 21 heavy (non-hydrogen) atoms. The predicted octanol–water partition coefficient (Wildman–Crippen LogP) is 4.78. The van der Waals surface area contributed by atoms with Crippen LogP contribution in [0.4, 0.5) is 13.2 Å². The quantitative estimate of drug-likeness (QED) is 0.787. The van der Waals surface area contributed by atoms with Crippen LogP contribution in [0.1, 0.15) is 44.2 Å². The fourth-order valence-electron chi connectivity index (χ4n) is 2.73. The first kappa shape index (κ1) is 15.7. The minimum atomic E-state index is -4.54. The molecule has 0 heterocycles. The highest BCUT2D eigenvalue weighted by Crippen LogP contribution is 2.36. The van der Waals surface area contributed by atoms with E-state index in [1.165, 1.54) is 12.1 Å².